The fraction of sp³-hybridized carbons (Fsp3) is 0.200. The predicted octanol–water partition coefficient (Wildman–Crippen LogP) is 3.95. The Morgan fingerprint density at radius 2 is 1.71 bits per heavy atom. The number of hydrogen-bond acceptors (Lipinski definition) is 0. The fourth-order valence-corrected chi connectivity index (χ4v) is 1.22. The van der Waals surface area contributed by atoms with Crippen molar-refractivity contribution in [2.75, 3.05) is 0 Å². The summed E-state index contributed by atoms with van der Waals surface area (Å²) in [6, 6.07) is 1.43. The van der Waals surface area contributed by atoms with Crippen LogP contribution in [0.15, 0.2) is 23.2 Å². The van der Waals surface area contributed by atoms with Crippen LogP contribution in [0.1, 0.15) is 12.0 Å². The Bertz CT molecular complexity index is 361. The quantitative estimate of drug-likeness (QED) is 0.726. The molecule has 0 saturated heterocycles. The van der Waals surface area contributed by atoms with Crippen molar-refractivity contribution in [3.8, 4) is 0 Å². The van der Waals surface area contributed by atoms with E-state index < -0.39 is 17.5 Å². The SMILES string of the molecule is C=C(Br)CCc1cc(F)c(F)cc1F. The van der Waals surface area contributed by atoms with E-state index in [-0.39, 0.29) is 5.56 Å². The highest BCUT2D eigenvalue weighted by atomic mass is 79.9. The van der Waals surface area contributed by atoms with Gasteiger partial charge in [0.15, 0.2) is 11.6 Å². The van der Waals surface area contributed by atoms with E-state index in [9.17, 15) is 13.2 Å². The number of allylic oxidation sites excluding steroid dienone is 1. The van der Waals surface area contributed by atoms with E-state index in [1.807, 2.05) is 0 Å². The molecule has 1 rings (SSSR count). The average Bonchev–Trinajstić information content (AvgIpc) is 2.09. The minimum absolute atomic E-state index is 0.157. The first-order valence-corrected chi connectivity index (χ1v) is 4.76. The molecule has 1 aromatic carbocycles. The predicted molar refractivity (Wildman–Crippen MR) is 52.7 cm³/mol. The van der Waals surface area contributed by atoms with Gasteiger partial charge in [0.05, 0.1) is 0 Å². The summed E-state index contributed by atoms with van der Waals surface area (Å²) in [4.78, 5) is 0. The van der Waals surface area contributed by atoms with Crippen LogP contribution in [-0.2, 0) is 6.42 Å². The maximum absolute atomic E-state index is 13.0. The number of rotatable bonds is 3. The van der Waals surface area contributed by atoms with Crippen LogP contribution in [0.5, 0.6) is 0 Å². The molecule has 0 fully saturated rings. The molecule has 0 saturated carbocycles. The normalized spacial score (nSPS) is 10.3. The first kappa shape index (κ1) is 11.3. The van der Waals surface area contributed by atoms with Gasteiger partial charge in [-0.15, -0.1) is 0 Å². The molecule has 4 heteroatoms. The number of benzene rings is 1. The van der Waals surface area contributed by atoms with Crippen molar-refractivity contribution in [2.45, 2.75) is 12.8 Å². The maximum Gasteiger partial charge on any atom is 0.161 e. The monoisotopic (exact) mass is 264 g/mol. The molecule has 1 aromatic rings. The van der Waals surface area contributed by atoms with Crippen molar-refractivity contribution < 1.29 is 13.2 Å². The van der Waals surface area contributed by atoms with Gasteiger partial charge in [0, 0.05) is 6.07 Å². The van der Waals surface area contributed by atoms with E-state index in [0.29, 0.717) is 23.4 Å². The highest BCUT2D eigenvalue weighted by Crippen LogP contribution is 2.18. The molecular formula is C10H8BrF3. The zero-order valence-electron chi connectivity index (χ0n) is 7.29. The van der Waals surface area contributed by atoms with Gasteiger partial charge in [-0.05, 0) is 29.0 Å². The van der Waals surface area contributed by atoms with Crippen molar-refractivity contribution >= 4 is 15.9 Å². The Kier molecular flexibility index (Phi) is 3.75. The molecule has 0 amide bonds. The molecule has 0 atom stereocenters. The first-order valence-electron chi connectivity index (χ1n) is 3.97. The summed E-state index contributed by atoms with van der Waals surface area (Å²) in [7, 11) is 0. The summed E-state index contributed by atoms with van der Waals surface area (Å²) < 4.78 is 38.9. The minimum atomic E-state index is -1.16. The molecule has 0 radical (unpaired) electrons. The molecular weight excluding hydrogens is 257 g/mol. The maximum atomic E-state index is 13.0. The van der Waals surface area contributed by atoms with Gasteiger partial charge in [0.25, 0.3) is 0 Å². The third kappa shape index (κ3) is 2.87. The highest BCUT2D eigenvalue weighted by Gasteiger charge is 2.09. The molecule has 0 aromatic heterocycles. The lowest BCUT2D eigenvalue weighted by Crippen LogP contribution is -1.95. The molecule has 0 aliphatic rings. The van der Waals surface area contributed by atoms with Crippen molar-refractivity contribution in [3.05, 3.63) is 46.2 Å². The molecule has 76 valence electrons. The van der Waals surface area contributed by atoms with E-state index in [1.54, 1.807) is 0 Å². The van der Waals surface area contributed by atoms with E-state index in [1.165, 1.54) is 0 Å². The summed E-state index contributed by atoms with van der Waals surface area (Å²) in [6.07, 6.45) is 0.787. The topological polar surface area (TPSA) is 0 Å². The summed E-state index contributed by atoms with van der Waals surface area (Å²) in [5.41, 5.74) is 0.157. The van der Waals surface area contributed by atoms with E-state index in [4.69, 9.17) is 0 Å². The van der Waals surface area contributed by atoms with Crippen LogP contribution < -0.4 is 0 Å². The Morgan fingerprint density at radius 1 is 1.14 bits per heavy atom. The van der Waals surface area contributed by atoms with Gasteiger partial charge in [-0.2, -0.15) is 0 Å². The molecule has 0 unspecified atom stereocenters. The molecule has 0 heterocycles. The van der Waals surface area contributed by atoms with Crippen LogP contribution in [0, 0.1) is 17.5 Å². The van der Waals surface area contributed by atoms with Gasteiger partial charge in [-0.25, -0.2) is 13.2 Å². The Labute approximate surface area is 88.6 Å². The highest BCUT2D eigenvalue weighted by molar-refractivity contribution is 9.11. The largest absolute Gasteiger partial charge is 0.207 e. The van der Waals surface area contributed by atoms with E-state index in [2.05, 4.69) is 22.5 Å². The summed E-state index contributed by atoms with van der Waals surface area (Å²) in [5, 5.41) is 0. The summed E-state index contributed by atoms with van der Waals surface area (Å²) in [6.45, 7) is 3.57. The van der Waals surface area contributed by atoms with E-state index in [0.717, 1.165) is 6.07 Å². The second-order valence-electron chi connectivity index (χ2n) is 2.87. The Balaban J connectivity index is 2.87. The number of hydrogen-bond donors (Lipinski definition) is 0. The first-order chi connectivity index (χ1) is 6.50. The molecule has 0 aliphatic carbocycles. The number of halogens is 4. The minimum Gasteiger partial charge on any atom is -0.207 e. The van der Waals surface area contributed by atoms with Crippen molar-refractivity contribution in [1.82, 2.24) is 0 Å². The van der Waals surface area contributed by atoms with Gasteiger partial charge in [0.2, 0.25) is 0 Å². The standard InChI is InChI=1S/C10H8BrF3/c1-6(11)2-3-7-4-9(13)10(14)5-8(7)12/h4-5H,1-3H2. The van der Waals surface area contributed by atoms with Crippen LogP contribution in [0.2, 0.25) is 0 Å². The van der Waals surface area contributed by atoms with Gasteiger partial charge in [-0.3, -0.25) is 0 Å². The van der Waals surface area contributed by atoms with Gasteiger partial charge in [-0.1, -0.05) is 22.5 Å². The average molecular weight is 265 g/mol. The summed E-state index contributed by atoms with van der Waals surface area (Å²) in [5.74, 6) is -2.91. The number of aryl methyl sites for hydroxylation is 1. The third-order valence-corrected chi connectivity index (χ3v) is 2.15. The third-order valence-electron chi connectivity index (χ3n) is 1.75. The van der Waals surface area contributed by atoms with Crippen LogP contribution >= 0.6 is 15.9 Å². The lowest BCUT2D eigenvalue weighted by molar-refractivity contribution is 0.490. The van der Waals surface area contributed by atoms with Gasteiger partial charge in [0.1, 0.15) is 5.82 Å². The fourth-order valence-electron chi connectivity index (χ4n) is 1.03. The molecule has 0 aliphatic heterocycles. The lowest BCUT2D eigenvalue weighted by Gasteiger charge is -2.03. The molecule has 0 N–H and O–H groups in total. The molecule has 0 nitrogen and oxygen atoms in total. The lowest BCUT2D eigenvalue weighted by atomic mass is 10.1. The zero-order valence-corrected chi connectivity index (χ0v) is 8.87. The van der Waals surface area contributed by atoms with Crippen LogP contribution in [-0.4, -0.2) is 0 Å². The summed E-state index contributed by atoms with van der Waals surface area (Å²) >= 11 is 3.10. The van der Waals surface area contributed by atoms with Gasteiger partial charge >= 0.3 is 0 Å². The van der Waals surface area contributed by atoms with Crippen LogP contribution in [0.25, 0.3) is 0 Å². The van der Waals surface area contributed by atoms with Gasteiger partial charge < -0.3 is 0 Å². The Hall–Kier alpha value is -0.770. The zero-order chi connectivity index (χ0) is 10.7. The van der Waals surface area contributed by atoms with Crippen LogP contribution in [0.4, 0.5) is 13.2 Å². The second kappa shape index (κ2) is 4.64. The second-order valence-corrected chi connectivity index (χ2v) is 4.00. The molecule has 14 heavy (non-hydrogen) atoms. The molecule has 0 spiro atoms. The smallest absolute Gasteiger partial charge is 0.161 e. The Morgan fingerprint density at radius 3 is 2.29 bits per heavy atom. The molecule has 0 bridgehead atoms. The van der Waals surface area contributed by atoms with Crippen molar-refractivity contribution in [1.29, 1.82) is 0 Å². The van der Waals surface area contributed by atoms with Crippen molar-refractivity contribution in [3.63, 3.8) is 0 Å². The van der Waals surface area contributed by atoms with Crippen LogP contribution in [0.3, 0.4) is 0 Å². The van der Waals surface area contributed by atoms with Crippen molar-refractivity contribution in [2.24, 2.45) is 0 Å². The van der Waals surface area contributed by atoms with E-state index >= 15 is 0 Å².